The molecule has 2 aliphatic rings. The van der Waals surface area contributed by atoms with Crippen LogP contribution in [0.4, 0.5) is 11.4 Å². The first kappa shape index (κ1) is 15.4. The van der Waals surface area contributed by atoms with E-state index in [1.165, 1.54) is 24.1 Å². The molecule has 0 unspecified atom stereocenters. The van der Waals surface area contributed by atoms with Crippen molar-refractivity contribution in [3.8, 4) is 5.75 Å². The largest absolute Gasteiger partial charge is 0.506 e. The zero-order chi connectivity index (χ0) is 16.4. The molecule has 3 heteroatoms. The van der Waals surface area contributed by atoms with E-state index in [0.717, 1.165) is 44.7 Å². The van der Waals surface area contributed by atoms with Gasteiger partial charge in [0.1, 0.15) is 5.75 Å². The van der Waals surface area contributed by atoms with E-state index < -0.39 is 0 Å². The molecule has 3 nitrogen and oxygen atoms in total. The highest BCUT2D eigenvalue weighted by molar-refractivity contribution is 5.67. The number of hydrogen-bond donors (Lipinski definition) is 1. The number of phenolic OH excluding ortho intramolecular Hbond substituents is 1. The highest BCUT2D eigenvalue weighted by atomic mass is 16.3. The van der Waals surface area contributed by atoms with Crippen molar-refractivity contribution in [3.63, 3.8) is 0 Å². The first-order chi connectivity index (χ1) is 11.8. The van der Waals surface area contributed by atoms with Gasteiger partial charge >= 0.3 is 0 Å². The van der Waals surface area contributed by atoms with Crippen LogP contribution in [0, 0.1) is 0 Å². The fourth-order valence-corrected chi connectivity index (χ4v) is 4.12. The summed E-state index contributed by atoms with van der Waals surface area (Å²) in [6, 6.07) is 16.9. The number of piperidine rings is 1. The number of phenols is 1. The third-order valence-corrected chi connectivity index (χ3v) is 5.54. The van der Waals surface area contributed by atoms with E-state index in [1.54, 1.807) is 0 Å². The molecule has 1 N–H and O–H groups in total. The molecule has 0 spiro atoms. The van der Waals surface area contributed by atoms with Gasteiger partial charge in [-0.1, -0.05) is 30.3 Å². The molecule has 2 aliphatic heterocycles. The van der Waals surface area contributed by atoms with Gasteiger partial charge in [0.15, 0.2) is 0 Å². The molecule has 2 aromatic carbocycles. The predicted octanol–water partition coefficient (Wildman–Crippen LogP) is 4.38. The van der Waals surface area contributed by atoms with Crippen molar-refractivity contribution in [3.05, 3.63) is 54.1 Å². The minimum absolute atomic E-state index is 0.413. The number of anilines is 2. The summed E-state index contributed by atoms with van der Waals surface area (Å²) in [4.78, 5) is 4.79. The Morgan fingerprint density at radius 2 is 1.50 bits per heavy atom. The van der Waals surface area contributed by atoms with E-state index in [4.69, 9.17) is 0 Å². The summed E-state index contributed by atoms with van der Waals surface area (Å²) in [6.45, 7) is 4.30. The summed E-state index contributed by atoms with van der Waals surface area (Å²) < 4.78 is 0. The molecule has 0 radical (unpaired) electrons. The Bertz CT molecular complexity index is 671. The standard InChI is InChI=1S/C21H26N2O/c24-21-9-8-19(22-12-4-5-13-22)16-20(21)23-14-10-18(11-15-23)17-6-2-1-3-7-17/h1-3,6-9,16,18,24H,4-5,10-15H2. The predicted molar refractivity (Wildman–Crippen MR) is 100 cm³/mol. The molecule has 0 bridgehead atoms. The smallest absolute Gasteiger partial charge is 0.139 e. The second-order valence-corrected chi connectivity index (χ2v) is 7.04. The number of hydrogen-bond acceptors (Lipinski definition) is 3. The normalized spacial score (nSPS) is 19.0. The van der Waals surface area contributed by atoms with Gasteiger partial charge < -0.3 is 14.9 Å². The molecule has 24 heavy (non-hydrogen) atoms. The quantitative estimate of drug-likeness (QED) is 0.908. The lowest BCUT2D eigenvalue weighted by molar-refractivity contribution is 0.462. The molecule has 0 aliphatic carbocycles. The first-order valence-electron chi connectivity index (χ1n) is 9.19. The molecule has 126 valence electrons. The Balaban J connectivity index is 1.48. The molecule has 0 amide bonds. The van der Waals surface area contributed by atoms with E-state index in [2.05, 4.69) is 52.3 Å². The van der Waals surface area contributed by atoms with Crippen molar-refractivity contribution >= 4 is 11.4 Å². The van der Waals surface area contributed by atoms with Gasteiger partial charge in [0.25, 0.3) is 0 Å². The van der Waals surface area contributed by atoms with Gasteiger partial charge in [0, 0.05) is 31.9 Å². The molecular weight excluding hydrogens is 296 g/mol. The number of benzene rings is 2. The van der Waals surface area contributed by atoms with Gasteiger partial charge in [-0.2, -0.15) is 0 Å². The Labute approximate surface area is 144 Å². The van der Waals surface area contributed by atoms with Crippen LogP contribution in [-0.4, -0.2) is 31.3 Å². The van der Waals surface area contributed by atoms with Gasteiger partial charge in [-0.3, -0.25) is 0 Å². The minimum Gasteiger partial charge on any atom is -0.506 e. The van der Waals surface area contributed by atoms with Crippen LogP contribution in [0.1, 0.15) is 37.2 Å². The van der Waals surface area contributed by atoms with Crippen molar-refractivity contribution < 1.29 is 5.11 Å². The molecule has 2 aromatic rings. The third kappa shape index (κ3) is 3.08. The van der Waals surface area contributed by atoms with E-state index in [9.17, 15) is 5.11 Å². The lowest BCUT2D eigenvalue weighted by Gasteiger charge is -2.34. The second-order valence-electron chi connectivity index (χ2n) is 7.04. The van der Waals surface area contributed by atoms with Crippen LogP contribution in [0.15, 0.2) is 48.5 Å². The van der Waals surface area contributed by atoms with Gasteiger partial charge in [0.05, 0.1) is 5.69 Å². The van der Waals surface area contributed by atoms with Crippen LogP contribution >= 0.6 is 0 Å². The highest BCUT2D eigenvalue weighted by Crippen LogP contribution is 2.37. The Hall–Kier alpha value is -2.16. The lowest BCUT2D eigenvalue weighted by atomic mass is 9.89. The van der Waals surface area contributed by atoms with Crippen LogP contribution in [0.25, 0.3) is 0 Å². The second kappa shape index (κ2) is 6.76. The summed E-state index contributed by atoms with van der Waals surface area (Å²) in [7, 11) is 0. The Morgan fingerprint density at radius 1 is 0.792 bits per heavy atom. The first-order valence-corrected chi connectivity index (χ1v) is 9.19. The van der Waals surface area contributed by atoms with Crippen LogP contribution < -0.4 is 9.80 Å². The fourth-order valence-electron chi connectivity index (χ4n) is 4.12. The Kier molecular flexibility index (Phi) is 4.33. The SMILES string of the molecule is Oc1ccc(N2CCCC2)cc1N1CCC(c2ccccc2)CC1. The van der Waals surface area contributed by atoms with Crippen LogP contribution in [-0.2, 0) is 0 Å². The summed E-state index contributed by atoms with van der Waals surface area (Å²) in [5, 5.41) is 10.4. The molecular formula is C21H26N2O. The summed E-state index contributed by atoms with van der Waals surface area (Å²) in [5.41, 5.74) is 3.71. The molecule has 0 aromatic heterocycles. The van der Waals surface area contributed by atoms with Crippen molar-refractivity contribution in [2.75, 3.05) is 36.0 Å². The summed E-state index contributed by atoms with van der Waals surface area (Å²) in [5.74, 6) is 1.06. The molecule has 2 saturated heterocycles. The Morgan fingerprint density at radius 3 is 2.21 bits per heavy atom. The average molecular weight is 322 g/mol. The monoisotopic (exact) mass is 322 g/mol. The third-order valence-electron chi connectivity index (χ3n) is 5.54. The van der Waals surface area contributed by atoms with Gasteiger partial charge in [-0.05, 0) is 55.4 Å². The average Bonchev–Trinajstić information content (AvgIpc) is 3.18. The van der Waals surface area contributed by atoms with E-state index in [0.29, 0.717) is 11.7 Å². The maximum atomic E-state index is 10.4. The van der Waals surface area contributed by atoms with E-state index in [-0.39, 0.29) is 0 Å². The van der Waals surface area contributed by atoms with Gasteiger partial charge in [-0.15, -0.1) is 0 Å². The van der Waals surface area contributed by atoms with Crippen molar-refractivity contribution in [2.45, 2.75) is 31.6 Å². The van der Waals surface area contributed by atoms with Gasteiger partial charge in [-0.25, -0.2) is 0 Å². The maximum absolute atomic E-state index is 10.4. The van der Waals surface area contributed by atoms with E-state index in [1.807, 2.05) is 6.07 Å². The molecule has 2 heterocycles. The van der Waals surface area contributed by atoms with Crippen molar-refractivity contribution in [2.24, 2.45) is 0 Å². The zero-order valence-electron chi connectivity index (χ0n) is 14.2. The number of nitrogens with zero attached hydrogens (tertiary/aromatic N) is 2. The summed E-state index contributed by atoms with van der Waals surface area (Å²) >= 11 is 0. The molecule has 2 fully saturated rings. The van der Waals surface area contributed by atoms with Crippen LogP contribution in [0.3, 0.4) is 0 Å². The molecule has 4 rings (SSSR count). The summed E-state index contributed by atoms with van der Waals surface area (Å²) in [6.07, 6.45) is 4.85. The van der Waals surface area contributed by atoms with Crippen LogP contribution in [0.2, 0.25) is 0 Å². The zero-order valence-corrected chi connectivity index (χ0v) is 14.2. The highest BCUT2D eigenvalue weighted by Gasteiger charge is 2.23. The van der Waals surface area contributed by atoms with Crippen molar-refractivity contribution in [1.29, 1.82) is 0 Å². The minimum atomic E-state index is 0.413. The maximum Gasteiger partial charge on any atom is 0.139 e. The van der Waals surface area contributed by atoms with Gasteiger partial charge in [0.2, 0.25) is 0 Å². The van der Waals surface area contributed by atoms with Crippen molar-refractivity contribution in [1.82, 2.24) is 0 Å². The molecule has 0 saturated carbocycles. The number of aromatic hydroxyl groups is 1. The lowest BCUT2D eigenvalue weighted by Crippen LogP contribution is -2.33. The van der Waals surface area contributed by atoms with Crippen LogP contribution in [0.5, 0.6) is 5.75 Å². The fraction of sp³-hybridized carbons (Fsp3) is 0.429. The van der Waals surface area contributed by atoms with E-state index >= 15 is 0 Å². The topological polar surface area (TPSA) is 26.7 Å². The molecule has 0 atom stereocenters. The number of rotatable bonds is 3.